The summed E-state index contributed by atoms with van der Waals surface area (Å²) in [5, 5.41) is 12.5. The van der Waals surface area contributed by atoms with Gasteiger partial charge in [0.25, 0.3) is 5.69 Å². The van der Waals surface area contributed by atoms with Crippen molar-refractivity contribution in [2.45, 2.75) is 6.92 Å². The largest absolute Gasteiger partial charge is 0.362 e. The summed E-state index contributed by atoms with van der Waals surface area (Å²) in [4.78, 5) is 16.6. The normalized spacial score (nSPS) is 10.5. The summed E-state index contributed by atoms with van der Waals surface area (Å²) < 4.78 is 0. The van der Waals surface area contributed by atoms with Crippen LogP contribution >= 0.6 is 0 Å². The Balaban J connectivity index is 2.78. The number of non-ortho nitro benzene ring substituents is 1. The number of anilines is 1. The minimum atomic E-state index is -0.390. The molecule has 5 heteroatoms. The lowest BCUT2D eigenvalue weighted by atomic mass is 10.1. The summed E-state index contributed by atoms with van der Waals surface area (Å²) in [6.07, 6.45) is 0. The van der Waals surface area contributed by atoms with Crippen molar-refractivity contribution >= 4 is 22.3 Å². The Kier molecular flexibility index (Phi) is 2.67. The summed E-state index contributed by atoms with van der Waals surface area (Å²) in [6, 6.07) is 6.76. The maximum atomic E-state index is 10.8. The number of pyridine rings is 1. The second-order valence-electron chi connectivity index (χ2n) is 4.14. The predicted octanol–water partition coefficient (Wildman–Crippen LogP) is 2.52. The molecular weight excluding hydrogens is 218 g/mol. The maximum Gasteiger partial charge on any atom is 0.270 e. The summed E-state index contributed by atoms with van der Waals surface area (Å²) in [5.74, 6) is 0.753. The highest BCUT2D eigenvalue weighted by Gasteiger charge is 2.11. The monoisotopic (exact) mass is 231 g/mol. The van der Waals surface area contributed by atoms with E-state index < -0.39 is 4.92 Å². The van der Waals surface area contributed by atoms with E-state index in [1.54, 1.807) is 12.1 Å². The van der Waals surface area contributed by atoms with E-state index in [4.69, 9.17) is 0 Å². The Morgan fingerprint density at radius 1 is 1.29 bits per heavy atom. The third-order valence-corrected chi connectivity index (χ3v) is 2.56. The smallest absolute Gasteiger partial charge is 0.270 e. The molecule has 1 aromatic heterocycles. The average Bonchev–Trinajstić information content (AvgIpc) is 2.26. The molecule has 2 aromatic rings. The molecule has 1 aromatic carbocycles. The summed E-state index contributed by atoms with van der Waals surface area (Å²) in [7, 11) is 3.75. The molecule has 0 N–H and O–H groups in total. The van der Waals surface area contributed by atoms with Crippen molar-refractivity contribution in [3.63, 3.8) is 0 Å². The van der Waals surface area contributed by atoms with E-state index >= 15 is 0 Å². The second kappa shape index (κ2) is 4.01. The van der Waals surface area contributed by atoms with Crippen LogP contribution in [-0.2, 0) is 0 Å². The van der Waals surface area contributed by atoms with Gasteiger partial charge in [-0.3, -0.25) is 10.1 Å². The first-order valence-electron chi connectivity index (χ1n) is 5.22. The van der Waals surface area contributed by atoms with E-state index in [1.165, 1.54) is 6.07 Å². The number of aromatic nitrogens is 1. The van der Waals surface area contributed by atoms with Crippen molar-refractivity contribution in [1.29, 1.82) is 0 Å². The third-order valence-electron chi connectivity index (χ3n) is 2.56. The topological polar surface area (TPSA) is 59.3 Å². The van der Waals surface area contributed by atoms with E-state index in [0.717, 1.165) is 22.3 Å². The second-order valence-corrected chi connectivity index (χ2v) is 4.14. The minimum Gasteiger partial charge on any atom is -0.362 e. The summed E-state index contributed by atoms with van der Waals surface area (Å²) in [6.45, 7) is 1.91. The van der Waals surface area contributed by atoms with Crippen LogP contribution in [-0.4, -0.2) is 24.0 Å². The number of fused-ring (bicyclic) bond motifs is 1. The van der Waals surface area contributed by atoms with Crippen LogP contribution in [0.3, 0.4) is 0 Å². The molecule has 0 aliphatic heterocycles. The SMILES string of the molecule is Cc1cc2ccc([N+](=O)[O-])cc2c(N(C)C)n1. The Labute approximate surface area is 98.8 Å². The molecule has 0 aliphatic carbocycles. The van der Waals surface area contributed by atoms with Gasteiger partial charge in [0.15, 0.2) is 0 Å². The van der Waals surface area contributed by atoms with E-state index in [2.05, 4.69) is 4.98 Å². The first kappa shape index (κ1) is 11.3. The van der Waals surface area contributed by atoms with Crippen LogP contribution in [0.15, 0.2) is 24.3 Å². The minimum absolute atomic E-state index is 0.0891. The van der Waals surface area contributed by atoms with Crippen LogP contribution < -0.4 is 4.90 Å². The Morgan fingerprint density at radius 3 is 2.59 bits per heavy atom. The molecular formula is C12H13N3O2. The molecule has 2 rings (SSSR count). The highest BCUT2D eigenvalue weighted by Crippen LogP contribution is 2.28. The Hall–Kier alpha value is -2.17. The number of rotatable bonds is 2. The van der Waals surface area contributed by atoms with Gasteiger partial charge in [-0.25, -0.2) is 4.98 Å². The number of hydrogen-bond donors (Lipinski definition) is 0. The summed E-state index contributed by atoms with van der Waals surface area (Å²) in [5.41, 5.74) is 0.987. The van der Waals surface area contributed by atoms with Gasteiger partial charge in [0.1, 0.15) is 5.82 Å². The molecule has 88 valence electrons. The van der Waals surface area contributed by atoms with Crippen molar-refractivity contribution in [2.24, 2.45) is 0 Å². The van der Waals surface area contributed by atoms with Gasteiger partial charge >= 0.3 is 0 Å². The molecule has 0 unspecified atom stereocenters. The molecule has 0 bridgehead atoms. The fourth-order valence-electron chi connectivity index (χ4n) is 1.80. The van der Waals surface area contributed by atoms with Gasteiger partial charge in [-0.1, -0.05) is 0 Å². The quantitative estimate of drug-likeness (QED) is 0.588. The van der Waals surface area contributed by atoms with Crippen LogP contribution in [0.25, 0.3) is 10.8 Å². The van der Waals surface area contributed by atoms with Crippen LogP contribution in [0.1, 0.15) is 5.69 Å². The van der Waals surface area contributed by atoms with Crippen LogP contribution in [0, 0.1) is 17.0 Å². The number of aryl methyl sites for hydroxylation is 1. The van der Waals surface area contributed by atoms with Crippen molar-refractivity contribution < 1.29 is 4.92 Å². The number of nitro groups is 1. The van der Waals surface area contributed by atoms with Gasteiger partial charge in [0, 0.05) is 37.3 Å². The highest BCUT2D eigenvalue weighted by atomic mass is 16.6. The molecule has 1 heterocycles. The van der Waals surface area contributed by atoms with Gasteiger partial charge < -0.3 is 4.90 Å². The Bertz CT molecular complexity index is 594. The van der Waals surface area contributed by atoms with E-state index in [-0.39, 0.29) is 5.69 Å². The maximum absolute atomic E-state index is 10.8. The molecule has 0 spiro atoms. The lowest BCUT2D eigenvalue weighted by Gasteiger charge is -2.14. The lowest BCUT2D eigenvalue weighted by Crippen LogP contribution is -2.11. The van der Waals surface area contributed by atoms with Gasteiger partial charge in [-0.2, -0.15) is 0 Å². The number of nitrogens with zero attached hydrogens (tertiary/aromatic N) is 3. The lowest BCUT2D eigenvalue weighted by molar-refractivity contribution is -0.384. The van der Waals surface area contributed by atoms with E-state index in [9.17, 15) is 10.1 Å². The zero-order valence-corrected chi connectivity index (χ0v) is 9.97. The molecule has 0 aliphatic rings. The first-order valence-corrected chi connectivity index (χ1v) is 5.22. The van der Waals surface area contributed by atoms with E-state index in [0.29, 0.717) is 0 Å². The van der Waals surface area contributed by atoms with Gasteiger partial charge in [-0.15, -0.1) is 0 Å². The molecule has 0 saturated carbocycles. The number of hydrogen-bond acceptors (Lipinski definition) is 4. The van der Waals surface area contributed by atoms with Crippen molar-refractivity contribution in [2.75, 3.05) is 19.0 Å². The molecule has 0 fully saturated rings. The average molecular weight is 231 g/mol. The molecule has 0 atom stereocenters. The summed E-state index contributed by atoms with van der Waals surface area (Å²) >= 11 is 0. The molecule has 0 saturated heterocycles. The van der Waals surface area contributed by atoms with Crippen LogP contribution in [0.2, 0.25) is 0 Å². The fourth-order valence-corrected chi connectivity index (χ4v) is 1.80. The van der Waals surface area contributed by atoms with Gasteiger partial charge in [-0.05, 0) is 24.4 Å². The molecule has 0 amide bonds. The van der Waals surface area contributed by atoms with Gasteiger partial charge in [0.05, 0.1) is 4.92 Å². The van der Waals surface area contributed by atoms with E-state index in [1.807, 2.05) is 32.0 Å². The van der Waals surface area contributed by atoms with Gasteiger partial charge in [0.2, 0.25) is 0 Å². The fraction of sp³-hybridized carbons (Fsp3) is 0.250. The van der Waals surface area contributed by atoms with Crippen LogP contribution in [0.5, 0.6) is 0 Å². The number of benzene rings is 1. The zero-order valence-electron chi connectivity index (χ0n) is 9.97. The van der Waals surface area contributed by atoms with Crippen molar-refractivity contribution in [3.8, 4) is 0 Å². The molecule has 5 nitrogen and oxygen atoms in total. The zero-order chi connectivity index (χ0) is 12.6. The standard InChI is InChI=1S/C12H13N3O2/c1-8-6-9-4-5-10(15(16)17)7-11(9)12(13-8)14(2)3/h4-7H,1-3H3. The Morgan fingerprint density at radius 2 is 2.00 bits per heavy atom. The molecule has 17 heavy (non-hydrogen) atoms. The number of nitro benzene ring substituents is 1. The van der Waals surface area contributed by atoms with Crippen molar-refractivity contribution in [3.05, 3.63) is 40.1 Å². The van der Waals surface area contributed by atoms with Crippen molar-refractivity contribution in [1.82, 2.24) is 4.98 Å². The molecule has 0 radical (unpaired) electrons. The predicted molar refractivity (Wildman–Crippen MR) is 67.5 cm³/mol. The van der Waals surface area contributed by atoms with Crippen LogP contribution in [0.4, 0.5) is 11.5 Å². The first-order chi connectivity index (χ1) is 7.99. The third kappa shape index (κ3) is 2.04. The highest BCUT2D eigenvalue weighted by molar-refractivity contribution is 5.94.